The predicted octanol–water partition coefficient (Wildman–Crippen LogP) is 1.95. The van der Waals surface area contributed by atoms with Crippen LogP contribution in [0.4, 0.5) is 10.5 Å². The molecule has 0 spiro atoms. The number of fused-ring (bicyclic) bond motifs is 1. The van der Waals surface area contributed by atoms with Crippen molar-refractivity contribution in [2.45, 2.75) is 58.7 Å². The van der Waals surface area contributed by atoms with E-state index in [1.807, 2.05) is 0 Å². The number of hydrogen-bond acceptors (Lipinski definition) is 9. The van der Waals surface area contributed by atoms with E-state index in [9.17, 15) is 24.0 Å². The Morgan fingerprint density at radius 2 is 2.00 bits per heavy atom. The molecule has 1 unspecified atom stereocenters. The van der Waals surface area contributed by atoms with Gasteiger partial charge in [-0.2, -0.15) is 0 Å². The van der Waals surface area contributed by atoms with Gasteiger partial charge in [0.1, 0.15) is 23.0 Å². The van der Waals surface area contributed by atoms with Gasteiger partial charge in [-0.15, -0.1) is 0 Å². The van der Waals surface area contributed by atoms with Crippen molar-refractivity contribution in [2.24, 2.45) is 0 Å². The van der Waals surface area contributed by atoms with Crippen LogP contribution >= 0.6 is 0 Å². The molecule has 1 aromatic carbocycles. The second-order valence-electron chi connectivity index (χ2n) is 9.49. The van der Waals surface area contributed by atoms with Crippen LogP contribution in [0.2, 0.25) is 0 Å². The number of imide groups is 1. The highest BCUT2D eigenvalue weighted by atomic mass is 16.6. The van der Waals surface area contributed by atoms with Crippen LogP contribution in [0.15, 0.2) is 33.6 Å². The number of rotatable bonds is 5. The first-order chi connectivity index (χ1) is 17.4. The van der Waals surface area contributed by atoms with Crippen LogP contribution in [0.1, 0.15) is 61.7 Å². The Labute approximate surface area is 210 Å². The van der Waals surface area contributed by atoms with E-state index in [0.717, 1.165) is 0 Å². The number of nitrogens with zero attached hydrogens (tertiary/aromatic N) is 3. The lowest BCUT2D eigenvalue weighted by Crippen LogP contribution is -2.45. The predicted molar refractivity (Wildman–Crippen MR) is 130 cm³/mol. The van der Waals surface area contributed by atoms with E-state index in [4.69, 9.17) is 9.26 Å². The van der Waals surface area contributed by atoms with Gasteiger partial charge in [0, 0.05) is 12.5 Å². The lowest BCUT2D eigenvalue weighted by atomic mass is 10.1. The minimum atomic E-state index is -0.858. The van der Waals surface area contributed by atoms with Crippen molar-refractivity contribution in [1.29, 1.82) is 0 Å². The number of anilines is 1. The Morgan fingerprint density at radius 3 is 2.70 bits per heavy atom. The maximum atomic E-state index is 13.3. The van der Waals surface area contributed by atoms with Crippen molar-refractivity contribution < 1.29 is 28.4 Å². The van der Waals surface area contributed by atoms with E-state index in [0.29, 0.717) is 0 Å². The maximum absolute atomic E-state index is 13.3. The number of aromatic nitrogens is 3. The zero-order valence-electron chi connectivity index (χ0n) is 20.7. The summed E-state index contributed by atoms with van der Waals surface area (Å²) in [7, 11) is 0. The van der Waals surface area contributed by atoms with Crippen LogP contribution in [0.3, 0.4) is 0 Å². The molecule has 3 heterocycles. The molecule has 1 atom stereocenters. The average molecular weight is 511 g/mol. The van der Waals surface area contributed by atoms with Crippen LogP contribution in [-0.2, 0) is 20.9 Å². The van der Waals surface area contributed by atoms with Gasteiger partial charge in [-0.1, -0.05) is 11.2 Å². The fourth-order valence-corrected chi connectivity index (χ4v) is 3.89. The molecular formula is C24H26N6O7. The zero-order chi connectivity index (χ0) is 26.9. The Morgan fingerprint density at radius 1 is 1.24 bits per heavy atom. The van der Waals surface area contributed by atoms with Gasteiger partial charge in [0.2, 0.25) is 11.8 Å². The molecule has 3 aromatic rings. The van der Waals surface area contributed by atoms with E-state index in [2.05, 4.69) is 26.1 Å². The van der Waals surface area contributed by atoms with Crippen LogP contribution in [0.5, 0.6) is 0 Å². The van der Waals surface area contributed by atoms with E-state index in [1.165, 1.54) is 10.6 Å². The Balaban J connectivity index is 1.53. The summed E-state index contributed by atoms with van der Waals surface area (Å²) < 4.78 is 11.5. The molecule has 1 fully saturated rings. The molecule has 1 saturated heterocycles. The number of hydrogen-bond donors (Lipinski definition) is 3. The molecule has 194 valence electrons. The number of nitrogens with one attached hydrogen (secondary N) is 3. The Hall–Kier alpha value is -4.55. The standard InChI is InChI=1S/C24H26N6O7/c1-12-26-19-14(22(34)30(12)17-8-9-18(31)28-21(17)33)6-5-7-15(19)27-20(32)16-10-13(37-29-16)11-25-23(35)36-24(2,3)4/h5-7,10,17H,8-9,11H2,1-4H3,(H,25,35)(H,27,32)(H,28,31,33). The molecule has 2 aromatic heterocycles. The van der Waals surface area contributed by atoms with Crippen molar-refractivity contribution in [3.8, 4) is 0 Å². The topological polar surface area (TPSA) is 175 Å². The molecule has 0 saturated carbocycles. The summed E-state index contributed by atoms with van der Waals surface area (Å²) in [6.07, 6.45) is -0.342. The average Bonchev–Trinajstić information content (AvgIpc) is 3.28. The summed E-state index contributed by atoms with van der Waals surface area (Å²) in [6, 6.07) is 5.20. The third kappa shape index (κ3) is 5.66. The summed E-state index contributed by atoms with van der Waals surface area (Å²) in [5.74, 6) is -1.08. The molecule has 13 heteroatoms. The number of amides is 4. The fourth-order valence-electron chi connectivity index (χ4n) is 3.89. The first-order valence-corrected chi connectivity index (χ1v) is 11.5. The number of ether oxygens (including phenoxy) is 1. The number of para-hydroxylation sites is 1. The van der Waals surface area contributed by atoms with Crippen molar-refractivity contribution in [3.63, 3.8) is 0 Å². The third-order valence-corrected chi connectivity index (χ3v) is 5.47. The van der Waals surface area contributed by atoms with Gasteiger partial charge >= 0.3 is 6.09 Å². The second kappa shape index (κ2) is 9.84. The first-order valence-electron chi connectivity index (χ1n) is 11.5. The molecule has 4 rings (SSSR count). The molecule has 0 radical (unpaired) electrons. The summed E-state index contributed by atoms with van der Waals surface area (Å²) in [4.78, 5) is 66.2. The van der Waals surface area contributed by atoms with Gasteiger partial charge < -0.3 is 19.9 Å². The quantitative estimate of drug-likeness (QED) is 0.433. The number of piperidine rings is 1. The number of carbonyl (C=O) groups is 4. The van der Waals surface area contributed by atoms with Gasteiger partial charge in [-0.3, -0.25) is 29.1 Å². The van der Waals surface area contributed by atoms with Gasteiger partial charge in [-0.05, 0) is 46.2 Å². The molecular weight excluding hydrogens is 484 g/mol. The Bertz CT molecular complexity index is 1470. The monoisotopic (exact) mass is 510 g/mol. The van der Waals surface area contributed by atoms with Crippen LogP contribution in [0, 0.1) is 6.92 Å². The van der Waals surface area contributed by atoms with Gasteiger partial charge in [0.05, 0.1) is 17.6 Å². The smallest absolute Gasteiger partial charge is 0.408 e. The van der Waals surface area contributed by atoms with Crippen LogP contribution < -0.4 is 21.5 Å². The lowest BCUT2D eigenvalue weighted by Gasteiger charge is -2.24. The SMILES string of the molecule is Cc1nc2c(NC(=O)c3cc(CNC(=O)OC(C)(C)C)on3)cccc2c(=O)n1C1CCC(=O)NC1=O. The van der Waals surface area contributed by atoms with Crippen molar-refractivity contribution in [1.82, 2.24) is 25.3 Å². The molecule has 37 heavy (non-hydrogen) atoms. The molecule has 4 amide bonds. The third-order valence-electron chi connectivity index (χ3n) is 5.47. The van der Waals surface area contributed by atoms with E-state index in [-0.39, 0.29) is 59.2 Å². The number of aryl methyl sites for hydroxylation is 1. The summed E-state index contributed by atoms with van der Waals surface area (Å²) in [5, 5.41) is 11.3. The lowest BCUT2D eigenvalue weighted by molar-refractivity contribution is -0.135. The van der Waals surface area contributed by atoms with E-state index in [1.54, 1.807) is 45.9 Å². The second-order valence-corrected chi connectivity index (χ2v) is 9.49. The number of carbonyl (C=O) groups excluding carboxylic acids is 4. The van der Waals surface area contributed by atoms with E-state index >= 15 is 0 Å². The summed E-state index contributed by atoms with van der Waals surface area (Å²) >= 11 is 0. The van der Waals surface area contributed by atoms with Crippen molar-refractivity contribution in [3.05, 3.63) is 51.9 Å². The van der Waals surface area contributed by atoms with Gasteiger partial charge in [0.25, 0.3) is 11.5 Å². The Kier molecular flexibility index (Phi) is 6.79. The molecule has 0 bridgehead atoms. The first kappa shape index (κ1) is 25.5. The summed E-state index contributed by atoms with van der Waals surface area (Å²) in [6.45, 7) is 6.74. The summed E-state index contributed by atoms with van der Waals surface area (Å²) in [5.41, 5.74) is -0.685. The highest BCUT2D eigenvalue weighted by molar-refractivity contribution is 6.07. The highest BCUT2D eigenvalue weighted by Gasteiger charge is 2.30. The molecule has 0 aliphatic carbocycles. The maximum Gasteiger partial charge on any atom is 0.408 e. The van der Waals surface area contributed by atoms with Crippen LogP contribution in [0.25, 0.3) is 10.9 Å². The molecule has 1 aliphatic heterocycles. The fraction of sp³-hybridized carbons (Fsp3) is 0.375. The normalized spacial score (nSPS) is 15.8. The number of benzene rings is 1. The van der Waals surface area contributed by atoms with Crippen LogP contribution in [-0.4, -0.2) is 44.1 Å². The highest BCUT2D eigenvalue weighted by Crippen LogP contribution is 2.24. The molecule has 1 aliphatic rings. The van der Waals surface area contributed by atoms with Gasteiger partial charge in [0.15, 0.2) is 11.5 Å². The van der Waals surface area contributed by atoms with E-state index < -0.39 is 35.1 Å². The molecule has 13 nitrogen and oxygen atoms in total. The zero-order valence-corrected chi connectivity index (χ0v) is 20.7. The van der Waals surface area contributed by atoms with Gasteiger partial charge in [-0.25, -0.2) is 9.78 Å². The minimum Gasteiger partial charge on any atom is -0.444 e. The van der Waals surface area contributed by atoms with Crippen molar-refractivity contribution >= 4 is 40.4 Å². The minimum absolute atomic E-state index is 0.0376. The molecule has 3 N–H and O–H groups in total. The number of alkyl carbamates (subject to hydrolysis) is 1. The van der Waals surface area contributed by atoms with Crippen molar-refractivity contribution in [2.75, 3.05) is 5.32 Å². The largest absolute Gasteiger partial charge is 0.444 e.